The molecule has 2 N–H and O–H groups in total. The SMILES string of the molecule is Cc1cc(CN(C)C(=O)CC2(N)CCC2)no1. The van der Waals surface area contributed by atoms with E-state index in [0.29, 0.717) is 13.0 Å². The van der Waals surface area contributed by atoms with Crippen LogP contribution in [-0.4, -0.2) is 28.6 Å². The van der Waals surface area contributed by atoms with Crippen molar-refractivity contribution in [1.82, 2.24) is 10.1 Å². The Kier molecular flexibility index (Phi) is 3.19. The molecule has 0 aliphatic heterocycles. The van der Waals surface area contributed by atoms with E-state index in [9.17, 15) is 4.79 Å². The summed E-state index contributed by atoms with van der Waals surface area (Å²) in [6.45, 7) is 2.31. The van der Waals surface area contributed by atoms with Gasteiger partial charge in [-0.05, 0) is 26.2 Å². The summed E-state index contributed by atoms with van der Waals surface area (Å²) < 4.78 is 4.97. The van der Waals surface area contributed by atoms with Crippen LogP contribution < -0.4 is 5.73 Å². The number of hydrogen-bond acceptors (Lipinski definition) is 4. The van der Waals surface area contributed by atoms with Gasteiger partial charge in [0.15, 0.2) is 0 Å². The van der Waals surface area contributed by atoms with E-state index in [-0.39, 0.29) is 11.4 Å². The minimum absolute atomic E-state index is 0.0767. The van der Waals surface area contributed by atoms with Gasteiger partial charge in [-0.1, -0.05) is 5.16 Å². The van der Waals surface area contributed by atoms with Crippen molar-refractivity contribution in [3.8, 4) is 0 Å². The standard InChI is InChI=1S/C12H19N3O2/c1-9-6-10(14-17-9)8-15(2)11(16)7-12(13)4-3-5-12/h6H,3-5,7-8,13H2,1-2H3. The van der Waals surface area contributed by atoms with E-state index in [2.05, 4.69) is 5.16 Å². The van der Waals surface area contributed by atoms with Crippen molar-refractivity contribution >= 4 is 5.91 Å². The van der Waals surface area contributed by atoms with Gasteiger partial charge in [-0.15, -0.1) is 0 Å². The average Bonchev–Trinajstić information content (AvgIpc) is 2.61. The number of nitrogens with zero attached hydrogens (tertiary/aromatic N) is 2. The maximum absolute atomic E-state index is 12.0. The van der Waals surface area contributed by atoms with Gasteiger partial charge in [0.1, 0.15) is 11.5 Å². The third-order valence-corrected chi connectivity index (χ3v) is 3.35. The van der Waals surface area contributed by atoms with Gasteiger partial charge < -0.3 is 15.2 Å². The molecule has 0 bridgehead atoms. The third-order valence-electron chi connectivity index (χ3n) is 3.35. The molecule has 0 aromatic carbocycles. The van der Waals surface area contributed by atoms with Crippen molar-refractivity contribution in [1.29, 1.82) is 0 Å². The molecule has 1 aromatic rings. The van der Waals surface area contributed by atoms with E-state index in [1.807, 2.05) is 13.0 Å². The predicted molar refractivity (Wildman–Crippen MR) is 63.1 cm³/mol. The summed E-state index contributed by atoms with van der Waals surface area (Å²) in [5, 5.41) is 3.87. The smallest absolute Gasteiger partial charge is 0.224 e. The highest BCUT2D eigenvalue weighted by atomic mass is 16.5. The molecule has 1 amide bonds. The van der Waals surface area contributed by atoms with Gasteiger partial charge in [0.25, 0.3) is 0 Å². The maximum Gasteiger partial charge on any atom is 0.224 e. The second-order valence-electron chi connectivity index (χ2n) is 5.07. The van der Waals surface area contributed by atoms with Crippen molar-refractivity contribution in [2.45, 2.75) is 44.7 Å². The first-order chi connectivity index (χ1) is 7.98. The third kappa shape index (κ3) is 2.85. The maximum atomic E-state index is 12.0. The Hall–Kier alpha value is -1.36. The van der Waals surface area contributed by atoms with Crippen molar-refractivity contribution in [3.63, 3.8) is 0 Å². The molecule has 1 aromatic heterocycles. The molecule has 17 heavy (non-hydrogen) atoms. The molecule has 1 aliphatic carbocycles. The summed E-state index contributed by atoms with van der Waals surface area (Å²) in [7, 11) is 1.77. The van der Waals surface area contributed by atoms with Crippen LogP contribution in [0.1, 0.15) is 37.1 Å². The summed E-state index contributed by atoms with van der Waals surface area (Å²) in [6.07, 6.45) is 3.47. The number of carbonyl (C=O) groups is 1. The van der Waals surface area contributed by atoms with Crippen LogP contribution in [0.15, 0.2) is 10.6 Å². The van der Waals surface area contributed by atoms with Gasteiger partial charge in [0.05, 0.1) is 6.54 Å². The second kappa shape index (κ2) is 4.49. The zero-order chi connectivity index (χ0) is 12.5. The fraction of sp³-hybridized carbons (Fsp3) is 0.667. The number of hydrogen-bond donors (Lipinski definition) is 1. The van der Waals surface area contributed by atoms with Gasteiger partial charge in [-0.25, -0.2) is 0 Å². The van der Waals surface area contributed by atoms with Crippen LogP contribution in [-0.2, 0) is 11.3 Å². The molecule has 0 radical (unpaired) electrons. The van der Waals surface area contributed by atoms with Crippen molar-refractivity contribution < 1.29 is 9.32 Å². The molecule has 1 saturated carbocycles. The summed E-state index contributed by atoms with van der Waals surface area (Å²) in [5.41, 5.74) is 6.57. The van der Waals surface area contributed by atoms with E-state index in [1.165, 1.54) is 0 Å². The topological polar surface area (TPSA) is 72.4 Å². The largest absolute Gasteiger partial charge is 0.361 e. The van der Waals surface area contributed by atoms with Crippen molar-refractivity contribution in [2.75, 3.05) is 7.05 Å². The quantitative estimate of drug-likeness (QED) is 0.854. The first-order valence-electron chi connectivity index (χ1n) is 5.94. The fourth-order valence-corrected chi connectivity index (χ4v) is 2.07. The fourth-order valence-electron chi connectivity index (χ4n) is 2.07. The number of aromatic nitrogens is 1. The Morgan fingerprint density at radius 3 is 2.82 bits per heavy atom. The van der Waals surface area contributed by atoms with Crippen molar-refractivity contribution in [2.24, 2.45) is 5.73 Å². The highest BCUT2D eigenvalue weighted by molar-refractivity contribution is 5.77. The van der Waals surface area contributed by atoms with Crippen LogP contribution in [0.3, 0.4) is 0 Å². The summed E-state index contributed by atoms with van der Waals surface area (Å²) in [6, 6.07) is 1.84. The molecule has 1 aliphatic rings. The van der Waals surface area contributed by atoms with E-state index in [0.717, 1.165) is 30.7 Å². The van der Waals surface area contributed by atoms with Gasteiger partial charge in [-0.2, -0.15) is 0 Å². The predicted octanol–water partition coefficient (Wildman–Crippen LogP) is 1.21. The lowest BCUT2D eigenvalue weighted by atomic mass is 9.75. The van der Waals surface area contributed by atoms with E-state index in [1.54, 1.807) is 11.9 Å². The Balaban J connectivity index is 1.86. The van der Waals surface area contributed by atoms with Crippen LogP contribution >= 0.6 is 0 Å². The van der Waals surface area contributed by atoms with Crippen LogP contribution in [0.25, 0.3) is 0 Å². The number of rotatable bonds is 4. The minimum Gasteiger partial charge on any atom is -0.361 e. The van der Waals surface area contributed by atoms with Gasteiger partial charge in [0.2, 0.25) is 5.91 Å². The summed E-state index contributed by atoms with van der Waals surface area (Å²) >= 11 is 0. The molecule has 5 heteroatoms. The summed E-state index contributed by atoms with van der Waals surface area (Å²) in [5.74, 6) is 0.836. The zero-order valence-electron chi connectivity index (χ0n) is 10.4. The Labute approximate surface area is 101 Å². The minimum atomic E-state index is -0.259. The van der Waals surface area contributed by atoms with Gasteiger partial charge >= 0.3 is 0 Å². The second-order valence-corrected chi connectivity index (χ2v) is 5.07. The molecular formula is C12H19N3O2. The first-order valence-corrected chi connectivity index (χ1v) is 5.94. The zero-order valence-corrected chi connectivity index (χ0v) is 10.4. The normalized spacial score (nSPS) is 17.6. The lowest BCUT2D eigenvalue weighted by Crippen LogP contribution is -2.50. The lowest BCUT2D eigenvalue weighted by molar-refractivity contribution is -0.132. The molecular weight excluding hydrogens is 218 g/mol. The molecule has 2 rings (SSSR count). The number of carbonyl (C=O) groups excluding carboxylic acids is 1. The molecule has 1 heterocycles. The molecule has 0 unspecified atom stereocenters. The Morgan fingerprint density at radius 2 is 2.35 bits per heavy atom. The number of amides is 1. The van der Waals surface area contributed by atoms with E-state index >= 15 is 0 Å². The molecule has 5 nitrogen and oxygen atoms in total. The highest BCUT2D eigenvalue weighted by Crippen LogP contribution is 2.32. The molecule has 0 spiro atoms. The highest BCUT2D eigenvalue weighted by Gasteiger charge is 2.35. The summed E-state index contributed by atoms with van der Waals surface area (Å²) in [4.78, 5) is 13.6. The lowest BCUT2D eigenvalue weighted by Gasteiger charge is -2.38. The van der Waals surface area contributed by atoms with Gasteiger partial charge in [0, 0.05) is 25.1 Å². The Bertz CT molecular complexity index is 410. The first kappa shape index (κ1) is 12.1. The van der Waals surface area contributed by atoms with Crippen molar-refractivity contribution in [3.05, 3.63) is 17.5 Å². The molecule has 1 fully saturated rings. The van der Waals surface area contributed by atoms with Crippen LogP contribution in [0.2, 0.25) is 0 Å². The Morgan fingerprint density at radius 1 is 1.65 bits per heavy atom. The van der Waals surface area contributed by atoms with Crippen LogP contribution in [0, 0.1) is 6.92 Å². The average molecular weight is 237 g/mol. The molecule has 94 valence electrons. The van der Waals surface area contributed by atoms with E-state index in [4.69, 9.17) is 10.3 Å². The number of nitrogens with two attached hydrogens (primary N) is 1. The molecule has 0 saturated heterocycles. The number of aryl methyl sites for hydroxylation is 1. The monoisotopic (exact) mass is 237 g/mol. The van der Waals surface area contributed by atoms with E-state index < -0.39 is 0 Å². The van der Waals surface area contributed by atoms with Crippen LogP contribution in [0.5, 0.6) is 0 Å². The molecule has 0 atom stereocenters. The van der Waals surface area contributed by atoms with Crippen LogP contribution in [0.4, 0.5) is 0 Å². The van der Waals surface area contributed by atoms with Gasteiger partial charge in [-0.3, -0.25) is 4.79 Å².